The van der Waals surface area contributed by atoms with Gasteiger partial charge in [0.25, 0.3) is 0 Å². The van der Waals surface area contributed by atoms with Gasteiger partial charge >= 0.3 is 5.69 Å². The standard InChI is InChI=1S/C17H13N5O/c1-22-16(11-5-3-2-4-6-11)9-14(20-17(22)23)12-7-8-13-15(19-12)10-18-21-13/h2-10H,1H3,(H,18,21). The van der Waals surface area contributed by atoms with E-state index in [2.05, 4.69) is 20.2 Å². The average molecular weight is 303 g/mol. The Bertz CT molecular complexity index is 1050. The van der Waals surface area contributed by atoms with E-state index in [-0.39, 0.29) is 5.69 Å². The Morgan fingerprint density at radius 3 is 2.65 bits per heavy atom. The van der Waals surface area contributed by atoms with Crippen LogP contribution < -0.4 is 5.69 Å². The van der Waals surface area contributed by atoms with Crippen molar-refractivity contribution in [3.05, 3.63) is 65.2 Å². The minimum Gasteiger partial charge on any atom is -0.295 e. The quantitative estimate of drug-likeness (QED) is 0.617. The Morgan fingerprint density at radius 1 is 1.00 bits per heavy atom. The SMILES string of the molecule is Cn1c(-c2ccccc2)cc(-c2ccc3[nH]ncc3n2)nc1=O. The van der Waals surface area contributed by atoms with Gasteiger partial charge in [-0.15, -0.1) is 0 Å². The first kappa shape index (κ1) is 13.4. The van der Waals surface area contributed by atoms with Crippen molar-refractivity contribution in [2.45, 2.75) is 0 Å². The number of nitrogens with zero attached hydrogens (tertiary/aromatic N) is 4. The predicted octanol–water partition coefficient (Wildman–Crippen LogP) is 2.39. The fourth-order valence-corrected chi connectivity index (χ4v) is 2.53. The molecule has 6 nitrogen and oxygen atoms in total. The number of aromatic nitrogens is 5. The number of aromatic amines is 1. The van der Waals surface area contributed by atoms with Crippen LogP contribution in [0.3, 0.4) is 0 Å². The number of nitrogens with one attached hydrogen (secondary N) is 1. The highest BCUT2D eigenvalue weighted by molar-refractivity contribution is 5.77. The molecule has 1 N–H and O–H groups in total. The summed E-state index contributed by atoms with van der Waals surface area (Å²) in [6, 6.07) is 15.3. The average Bonchev–Trinajstić information content (AvgIpc) is 3.05. The second-order valence-corrected chi connectivity index (χ2v) is 5.23. The zero-order valence-corrected chi connectivity index (χ0v) is 12.4. The molecule has 6 heteroatoms. The summed E-state index contributed by atoms with van der Waals surface area (Å²) in [7, 11) is 1.72. The molecule has 0 unspecified atom stereocenters. The van der Waals surface area contributed by atoms with Gasteiger partial charge in [-0.2, -0.15) is 10.1 Å². The van der Waals surface area contributed by atoms with E-state index < -0.39 is 0 Å². The molecule has 0 atom stereocenters. The molecule has 0 aliphatic heterocycles. The Morgan fingerprint density at radius 2 is 1.83 bits per heavy atom. The van der Waals surface area contributed by atoms with Crippen LogP contribution in [0, 0.1) is 0 Å². The molecule has 0 bridgehead atoms. The number of pyridine rings is 1. The van der Waals surface area contributed by atoms with Gasteiger partial charge in [-0.05, 0) is 23.8 Å². The van der Waals surface area contributed by atoms with Crippen LogP contribution in [0.4, 0.5) is 0 Å². The number of fused-ring (bicyclic) bond motifs is 1. The normalized spacial score (nSPS) is 11.0. The molecular formula is C17H13N5O. The van der Waals surface area contributed by atoms with Gasteiger partial charge in [-0.1, -0.05) is 30.3 Å². The van der Waals surface area contributed by atoms with Crippen LogP contribution in [0.1, 0.15) is 0 Å². The van der Waals surface area contributed by atoms with Crippen molar-refractivity contribution in [2.75, 3.05) is 0 Å². The molecule has 23 heavy (non-hydrogen) atoms. The molecule has 0 aliphatic carbocycles. The fourth-order valence-electron chi connectivity index (χ4n) is 2.53. The van der Waals surface area contributed by atoms with Gasteiger partial charge in [0, 0.05) is 7.05 Å². The topological polar surface area (TPSA) is 76.5 Å². The van der Waals surface area contributed by atoms with Gasteiger partial charge < -0.3 is 0 Å². The van der Waals surface area contributed by atoms with Crippen LogP contribution in [-0.2, 0) is 7.05 Å². The van der Waals surface area contributed by atoms with Crippen molar-refractivity contribution in [2.24, 2.45) is 7.05 Å². The highest BCUT2D eigenvalue weighted by Crippen LogP contribution is 2.23. The maximum absolute atomic E-state index is 12.2. The molecule has 1 aromatic carbocycles. The summed E-state index contributed by atoms with van der Waals surface area (Å²) in [6.07, 6.45) is 1.65. The van der Waals surface area contributed by atoms with Crippen molar-refractivity contribution < 1.29 is 0 Å². The van der Waals surface area contributed by atoms with Crippen LogP contribution in [0.15, 0.2) is 59.5 Å². The van der Waals surface area contributed by atoms with E-state index >= 15 is 0 Å². The lowest BCUT2D eigenvalue weighted by atomic mass is 10.1. The van der Waals surface area contributed by atoms with Crippen molar-refractivity contribution in [3.63, 3.8) is 0 Å². The van der Waals surface area contributed by atoms with Crippen molar-refractivity contribution in [1.29, 1.82) is 0 Å². The minimum absolute atomic E-state index is 0.310. The zero-order valence-electron chi connectivity index (χ0n) is 12.4. The summed E-state index contributed by atoms with van der Waals surface area (Å²) in [4.78, 5) is 20.9. The first-order valence-corrected chi connectivity index (χ1v) is 7.16. The Balaban J connectivity index is 1.92. The molecule has 3 aromatic heterocycles. The number of hydrogen-bond acceptors (Lipinski definition) is 4. The largest absolute Gasteiger partial charge is 0.348 e. The van der Waals surface area contributed by atoms with Crippen LogP contribution in [0.25, 0.3) is 33.7 Å². The molecule has 0 fully saturated rings. The molecule has 0 aliphatic rings. The zero-order chi connectivity index (χ0) is 15.8. The van der Waals surface area contributed by atoms with E-state index in [9.17, 15) is 4.79 Å². The Hall–Kier alpha value is -3.28. The smallest absolute Gasteiger partial charge is 0.295 e. The van der Waals surface area contributed by atoms with E-state index in [4.69, 9.17) is 0 Å². The molecule has 0 saturated heterocycles. The first-order valence-electron chi connectivity index (χ1n) is 7.16. The summed E-state index contributed by atoms with van der Waals surface area (Å²) in [5.74, 6) is 0. The van der Waals surface area contributed by atoms with E-state index in [0.717, 1.165) is 22.3 Å². The third kappa shape index (κ3) is 2.30. The minimum atomic E-state index is -0.310. The highest BCUT2D eigenvalue weighted by atomic mass is 16.1. The van der Waals surface area contributed by atoms with Crippen LogP contribution in [0.5, 0.6) is 0 Å². The molecule has 3 heterocycles. The summed E-state index contributed by atoms with van der Waals surface area (Å²) in [5, 5.41) is 6.82. The maximum Gasteiger partial charge on any atom is 0.348 e. The van der Waals surface area contributed by atoms with E-state index in [1.54, 1.807) is 13.2 Å². The number of benzene rings is 1. The summed E-state index contributed by atoms with van der Waals surface area (Å²) in [5.41, 5.74) is 4.24. The molecule has 0 radical (unpaired) electrons. The molecule has 0 saturated carbocycles. The maximum atomic E-state index is 12.2. The molecular weight excluding hydrogens is 290 g/mol. The van der Waals surface area contributed by atoms with Gasteiger partial charge in [0.1, 0.15) is 5.52 Å². The highest BCUT2D eigenvalue weighted by Gasteiger charge is 2.10. The van der Waals surface area contributed by atoms with Crippen LogP contribution in [0.2, 0.25) is 0 Å². The van der Waals surface area contributed by atoms with Crippen molar-refractivity contribution in [1.82, 2.24) is 24.7 Å². The lowest BCUT2D eigenvalue weighted by Gasteiger charge is -2.09. The lowest BCUT2D eigenvalue weighted by Crippen LogP contribution is -2.22. The molecule has 0 spiro atoms. The molecule has 112 valence electrons. The second kappa shape index (κ2) is 5.17. The van der Waals surface area contributed by atoms with E-state index in [0.29, 0.717) is 11.4 Å². The molecule has 0 amide bonds. The van der Waals surface area contributed by atoms with Crippen molar-refractivity contribution in [3.8, 4) is 22.6 Å². The Labute approximate surface area is 131 Å². The van der Waals surface area contributed by atoms with Gasteiger partial charge in [0.2, 0.25) is 0 Å². The van der Waals surface area contributed by atoms with Gasteiger partial charge in [0.05, 0.1) is 28.8 Å². The fraction of sp³-hybridized carbons (Fsp3) is 0.0588. The van der Waals surface area contributed by atoms with Crippen LogP contribution >= 0.6 is 0 Å². The first-order chi connectivity index (χ1) is 11.2. The number of hydrogen-bond donors (Lipinski definition) is 1. The van der Waals surface area contributed by atoms with Crippen LogP contribution in [-0.4, -0.2) is 24.7 Å². The van der Waals surface area contributed by atoms with E-state index in [1.807, 2.05) is 48.5 Å². The molecule has 4 rings (SSSR count). The lowest BCUT2D eigenvalue weighted by molar-refractivity contribution is 0.821. The Kier molecular flexibility index (Phi) is 3.01. The third-order valence-electron chi connectivity index (χ3n) is 3.77. The van der Waals surface area contributed by atoms with Gasteiger partial charge in [-0.3, -0.25) is 9.67 Å². The number of H-pyrrole nitrogens is 1. The number of rotatable bonds is 2. The summed E-state index contributed by atoms with van der Waals surface area (Å²) >= 11 is 0. The monoisotopic (exact) mass is 303 g/mol. The van der Waals surface area contributed by atoms with E-state index in [1.165, 1.54) is 4.57 Å². The van der Waals surface area contributed by atoms with Gasteiger partial charge in [0.15, 0.2) is 0 Å². The molecule has 4 aromatic rings. The second-order valence-electron chi connectivity index (χ2n) is 5.23. The third-order valence-corrected chi connectivity index (χ3v) is 3.77. The summed E-state index contributed by atoms with van der Waals surface area (Å²) < 4.78 is 1.54. The van der Waals surface area contributed by atoms with Gasteiger partial charge in [-0.25, -0.2) is 9.78 Å². The summed E-state index contributed by atoms with van der Waals surface area (Å²) in [6.45, 7) is 0. The van der Waals surface area contributed by atoms with Crippen molar-refractivity contribution >= 4 is 11.0 Å². The predicted molar refractivity (Wildman–Crippen MR) is 87.8 cm³/mol.